The van der Waals surface area contributed by atoms with E-state index in [1.165, 1.54) is 16.7 Å². The van der Waals surface area contributed by atoms with Gasteiger partial charge in [0.2, 0.25) is 21.8 Å². The highest BCUT2D eigenvalue weighted by molar-refractivity contribution is 7.91. The molecule has 2 heterocycles. The number of halogens is 5. The number of fused-ring (bicyclic) bond motifs is 1. The van der Waals surface area contributed by atoms with E-state index in [9.17, 15) is 45.2 Å². The average Bonchev–Trinajstić information content (AvgIpc) is 4.06. The molecule has 0 radical (unpaired) electrons. The predicted molar refractivity (Wildman–Crippen MR) is 196 cm³/mol. The predicted octanol–water partition coefficient (Wildman–Crippen LogP) is 5.73. The van der Waals surface area contributed by atoms with Crippen molar-refractivity contribution in [2.75, 3.05) is 11.9 Å². The number of amides is 4. The number of alkyl halides is 3. The van der Waals surface area contributed by atoms with Crippen LogP contribution in [0.3, 0.4) is 0 Å². The van der Waals surface area contributed by atoms with Crippen molar-refractivity contribution in [2.24, 2.45) is 17.3 Å². The summed E-state index contributed by atoms with van der Waals surface area (Å²) in [5.41, 5.74) is -2.69. The first kappa shape index (κ1) is 40.1. The minimum atomic E-state index is -5.01. The van der Waals surface area contributed by atoms with Gasteiger partial charge in [0.15, 0.2) is 0 Å². The summed E-state index contributed by atoms with van der Waals surface area (Å²) in [6.07, 6.45) is -4.40. The number of likely N-dealkylation sites (tertiary alicyclic amines) is 1. The number of nitrogens with one attached hydrogen (secondary N) is 3. The van der Waals surface area contributed by atoms with E-state index >= 15 is 0 Å². The molecule has 7 rings (SSSR count). The van der Waals surface area contributed by atoms with Crippen LogP contribution >= 0.6 is 11.6 Å². The standard InChI is InChI=1S/C38H44ClF4N5O7S/c1-35(2,3)30(44-22-10-11-28(40)25(14-22)38(41,42)43)32(50)48-18-23(55-34(52)47-17-21-6-5-7-27(39)24(21)19-47)15-29(48)31(49)45-37(16-26(37)20-8-9-20)33(51)46-56(53,54)36(4)12-13-36/h5-7,10-11,14,20,23,26,29-30,44H,8-9,12-13,15-19H2,1-4H3,(H,45,49)(H,46,51)/t23-,26+,29+,30?,37?/m1/s1. The van der Waals surface area contributed by atoms with Crippen LogP contribution in [-0.2, 0) is 48.4 Å². The third kappa shape index (κ3) is 7.64. The Morgan fingerprint density at radius 1 is 1.04 bits per heavy atom. The number of anilines is 1. The van der Waals surface area contributed by atoms with Gasteiger partial charge in [0.05, 0.1) is 23.4 Å². The molecule has 0 aromatic heterocycles. The molecular weight excluding hydrogens is 782 g/mol. The lowest BCUT2D eigenvalue weighted by molar-refractivity contribution is -0.141. The molecule has 1 saturated heterocycles. The lowest BCUT2D eigenvalue weighted by Gasteiger charge is -2.36. The Kier molecular flexibility index (Phi) is 9.86. The Morgan fingerprint density at radius 2 is 1.73 bits per heavy atom. The highest BCUT2D eigenvalue weighted by Crippen LogP contribution is 2.57. The van der Waals surface area contributed by atoms with Crippen LogP contribution in [0.1, 0.15) is 82.9 Å². The molecule has 0 spiro atoms. The lowest BCUT2D eigenvalue weighted by Crippen LogP contribution is -2.59. The molecule has 56 heavy (non-hydrogen) atoms. The SMILES string of the molecule is CC(C)(C)C(Nc1ccc(F)c(C(F)(F)F)c1)C(=O)N1C[C@H](OC(=O)N2Cc3cccc(Cl)c3C2)C[C@H]1C(=O)NC1(C(=O)NS(=O)(=O)C2(C)CC2)C[C@H]1C1CC1. The number of rotatable bonds is 10. The highest BCUT2D eigenvalue weighted by atomic mass is 35.5. The summed E-state index contributed by atoms with van der Waals surface area (Å²) in [6.45, 7) is 6.59. The number of carbonyl (C=O) groups is 4. The quantitative estimate of drug-likeness (QED) is 0.257. The molecule has 2 aromatic carbocycles. The molecule has 2 aliphatic heterocycles. The van der Waals surface area contributed by atoms with Crippen LogP contribution < -0.4 is 15.4 Å². The number of sulfonamides is 1. The summed E-state index contributed by atoms with van der Waals surface area (Å²) in [5, 5.41) is 6.10. The number of benzene rings is 2. The minimum absolute atomic E-state index is 0.0974. The Balaban J connectivity index is 1.16. The topological polar surface area (TPSA) is 154 Å². The van der Waals surface area contributed by atoms with Crippen LogP contribution in [0.5, 0.6) is 0 Å². The van der Waals surface area contributed by atoms with Crippen molar-refractivity contribution in [3.63, 3.8) is 0 Å². The van der Waals surface area contributed by atoms with Gasteiger partial charge in [-0.3, -0.25) is 24.0 Å². The molecule has 0 bridgehead atoms. The molecule has 12 nitrogen and oxygen atoms in total. The van der Waals surface area contributed by atoms with Crippen LogP contribution in [0.4, 0.5) is 28.0 Å². The molecule has 304 valence electrons. The van der Waals surface area contributed by atoms with E-state index in [0.29, 0.717) is 30.0 Å². The van der Waals surface area contributed by atoms with E-state index in [4.69, 9.17) is 16.3 Å². The van der Waals surface area contributed by atoms with Crippen molar-refractivity contribution in [3.8, 4) is 0 Å². The van der Waals surface area contributed by atoms with Crippen LogP contribution in [0.2, 0.25) is 5.02 Å². The first-order valence-electron chi connectivity index (χ1n) is 18.6. The monoisotopic (exact) mass is 825 g/mol. The van der Waals surface area contributed by atoms with Crippen molar-refractivity contribution in [2.45, 2.75) is 114 Å². The van der Waals surface area contributed by atoms with Crippen LogP contribution in [-0.4, -0.2) is 77.1 Å². The number of hydrogen-bond donors (Lipinski definition) is 3. The number of carbonyl (C=O) groups excluding carboxylic acids is 4. The second-order valence-electron chi connectivity index (χ2n) is 17.1. The van der Waals surface area contributed by atoms with Crippen molar-refractivity contribution in [1.29, 1.82) is 0 Å². The zero-order valence-electron chi connectivity index (χ0n) is 31.3. The number of nitrogens with zero attached hydrogens (tertiary/aromatic N) is 2. The summed E-state index contributed by atoms with van der Waals surface area (Å²) < 4.78 is 88.2. The minimum Gasteiger partial charge on any atom is -0.444 e. The van der Waals surface area contributed by atoms with Gasteiger partial charge in [-0.15, -0.1) is 0 Å². The molecule has 4 fully saturated rings. The fourth-order valence-electron chi connectivity index (χ4n) is 7.82. The summed E-state index contributed by atoms with van der Waals surface area (Å²) in [6, 6.07) is 4.95. The van der Waals surface area contributed by atoms with E-state index in [-0.39, 0.29) is 50.0 Å². The maximum atomic E-state index is 14.6. The van der Waals surface area contributed by atoms with Gasteiger partial charge in [0.1, 0.15) is 29.5 Å². The molecule has 2 aromatic rings. The zero-order valence-corrected chi connectivity index (χ0v) is 32.8. The maximum absolute atomic E-state index is 14.6. The fraction of sp³-hybridized carbons (Fsp3) is 0.579. The molecule has 5 aliphatic rings. The van der Waals surface area contributed by atoms with E-state index in [2.05, 4.69) is 15.4 Å². The van der Waals surface area contributed by atoms with Crippen LogP contribution in [0, 0.1) is 23.1 Å². The molecule has 3 saturated carbocycles. The summed E-state index contributed by atoms with van der Waals surface area (Å²) >= 11 is 6.35. The Labute approximate surface area is 327 Å². The second-order valence-corrected chi connectivity index (χ2v) is 19.7. The van der Waals surface area contributed by atoms with E-state index in [1.54, 1.807) is 32.9 Å². The van der Waals surface area contributed by atoms with Gasteiger partial charge in [-0.2, -0.15) is 13.2 Å². The van der Waals surface area contributed by atoms with Gasteiger partial charge in [-0.25, -0.2) is 17.6 Å². The molecule has 3 aliphatic carbocycles. The van der Waals surface area contributed by atoms with Crippen molar-refractivity contribution < 1.29 is 49.9 Å². The van der Waals surface area contributed by atoms with Crippen LogP contribution in [0.25, 0.3) is 0 Å². The van der Waals surface area contributed by atoms with Gasteiger partial charge in [0.25, 0.3) is 5.91 Å². The number of ether oxygens (including phenoxy) is 1. The number of hydrogen-bond acceptors (Lipinski definition) is 8. The second kappa shape index (κ2) is 13.8. The first-order valence-corrected chi connectivity index (χ1v) is 20.4. The molecule has 4 amide bonds. The molecule has 5 atom stereocenters. The third-order valence-corrected chi connectivity index (χ3v) is 14.3. The Morgan fingerprint density at radius 3 is 2.34 bits per heavy atom. The van der Waals surface area contributed by atoms with E-state index < -0.39 is 85.3 Å². The summed E-state index contributed by atoms with van der Waals surface area (Å²) in [7, 11) is -4.05. The van der Waals surface area contributed by atoms with Crippen LogP contribution in [0.15, 0.2) is 36.4 Å². The van der Waals surface area contributed by atoms with Gasteiger partial charge in [-0.1, -0.05) is 44.5 Å². The smallest absolute Gasteiger partial charge is 0.419 e. The van der Waals surface area contributed by atoms with E-state index in [1.807, 2.05) is 6.07 Å². The Hall–Kier alpha value is -4.12. The van der Waals surface area contributed by atoms with Crippen molar-refractivity contribution in [1.82, 2.24) is 19.8 Å². The molecule has 3 N–H and O–H groups in total. The Bertz CT molecular complexity index is 2090. The van der Waals surface area contributed by atoms with Gasteiger partial charge in [0, 0.05) is 23.7 Å². The molecular formula is C38H44ClF4N5O7S. The largest absolute Gasteiger partial charge is 0.444 e. The van der Waals surface area contributed by atoms with Gasteiger partial charge >= 0.3 is 12.3 Å². The maximum Gasteiger partial charge on any atom is 0.419 e. The fourth-order valence-corrected chi connectivity index (χ4v) is 9.38. The molecule has 18 heteroatoms. The lowest BCUT2D eigenvalue weighted by atomic mass is 9.85. The van der Waals surface area contributed by atoms with Gasteiger partial charge in [-0.05, 0) is 91.7 Å². The zero-order chi connectivity index (χ0) is 40.7. The van der Waals surface area contributed by atoms with Crippen molar-refractivity contribution in [3.05, 3.63) is 63.9 Å². The summed E-state index contributed by atoms with van der Waals surface area (Å²) in [4.78, 5) is 58.9. The first-order chi connectivity index (χ1) is 26.0. The van der Waals surface area contributed by atoms with Gasteiger partial charge < -0.3 is 20.3 Å². The normalized spacial score (nSPS) is 25.9. The third-order valence-electron chi connectivity index (χ3n) is 11.8. The average molecular weight is 826 g/mol. The van der Waals surface area contributed by atoms with E-state index in [0.717, 1.165) is 30.0 Å². The van der Waals surface area contributed by atoms with Crippen molar-refractivity contribution >= 4 is 51.1 Å². The summed E-state index contributed by atoms with van der Waals surface area (Å²) in [5.74, 6) is -4.09. The molecule has 2 unspecified atom stereocenters. The highest BCUT2D eigenvalue weighted by Gasteiger charge is 2.67.